The number of carbonyl (C=O) groups excluding carboxylic acids is 2. The van der Waals surface area contributed by atoms with Gasteiger partial charge in [0, 0.05) is 24.3 Å². The molecule has 2 N–H and O–H groups in total. The van der Waals surface area contributed by atoms with Crippen molar-refractivity contribution in [1.29, 1.82) is 0 Å². The van der Waals surface area contributed by atoms with Crippen LogP contribution in [0.2, 0.25) is 0 Å². The van der Waals surface area contributed by atoms with Crippen LogP contribution in [0.25, 0.3) is 10.9 Å². The van der Waals surface area contributed by atoms with Crippen LogP contribution in [-0.2, 0) is 11.0 Å². The van der Waals surface area contributed by atoms with E-state index in [9.17, 15) is 22.8 Å². The van der Waals surface area contributed by atoms with E-state index in [4.69, 9.17) is 9.57 Å². The summed E-state index contributed by atoms with van der Waals surface area (Å²) in [6.07, 6.45) is -2.64. The third-order valence-electron chi connectivity index (χ3n) is 4.73. The lowest BCUT2D eigenvalue weighted by Crippen LogP contribution is -2.35. The molecule has 2 aromatic carbocycles. The highest BCUT2D eigenvalue weighted by Gasteiger charge is 2.33. The third kappa shape index (κ3) is 4.25. The van der Waals surface area contributed by atoms with Gasteiger partial charge in [-0.25, -0.2) is 9.59 Å². The molecule has 0 aliphatic carbocycles. The number of fused-ring (bicyclic) bond motifs is 2. The monoisotopic (exact) mass is 434 g/mol. The van der Waals surface area contributed by atoms with Crippen molar-refractivity contribution in [3.05, 3.63) is 53.7 Å². The maximum absolute atomic E-state index is 12.9. The van der Waals surface area contributed by atoms with Gasteiger partial charge in [0.25, 0.3) is 0 Å². The van der Waals surface area contributed by atoms with Crippen molar-refractivity contribution in [3.8, 4) is 5.75 Å². The fourth-order valence-corrected chi connectivity index (χ4v) is 3.36. The molecular weight excluding hydrogens is 417 g/mol. The highest BCUT2D eigenvalue weighted by molar-refractivity contribution is 6.00. The van der Waals surface area contributed by atoms with Gasteiger partial charge in [-0.1, -0.05) is 17.0 Å². The molecule has 11 heteroatoms. The maximum Gasteiger partial charge on any atom is 0.416 e. The lowest BCUT2D eigenvalue weighted by Gasteiger charge is -2.27. The number of alkyl halides is 3. The smallest absolute Gasteiger partial charge is 0.416 e. The SMILES string of the molecule is CC(=O)On1ncc2c(NC(=O)NC3CCOc4cc(C(F)(F)F)ccc43)cccc21. The zero-order chi connectivity index (χ0) is 22.2. The molecule has 4 rings (SSSR count). The number of hydrogen-bond acceptors (Lipinski definition) is 5. The first-order valence-electron chi connectivity index (χ1n) is 9.29. The van der Waals surface area contributed by atoms with Crippen molar-refractivity contribution in [3.63, 3.8) is 0 Å². The summed E-state index contributed by atoms with van der Waals surface area (Å²) in [4.78, 5) is 29.8. The Bertz CT molecular complexity index is 1160. The molecule has 1 aliphatic heterocycles. The lowest BCUT2D eigenvalue weighted by atomic mass is 9.98. The number of aromatic nitrogens is 2. The molecule has 31 heavy (non-hydrogen) atoms. The van der Waals surface area contributed by atoms with E-state index in [-0.39, 0.29) is 12.4 Å². The Hall–Kier alpha value is -3.76. The van der Waals surface area contributed by atoms with Crippen molar-refractivity contribution in [2.45, 2.75) is 25.6 Å². The van der Waals surface area contributed by atoms with Gasteiger partial charge in [-0.15, -0.1) is 5.10 Å². The first-order chi connectivity index (χ1) is 14.7. The number of rotatable bonds is 3. The number of amides is 2. The number of urea groups is 1. The number of benzene rings is 2. The number of hydrogen-bond donors (Lipinski definition) is 2. The van der Waals surface area contributed by atoms with Crippen LogP contribution in [-0.4, -0.2) is 28.6 Å². The fourth-order valence-electron chi connectivity index (χ4n) is 3.36. The minimum absolute atomic E-state index is 0.0936. The summed E-state index contributed by atoms with van der Waals surface area (Å²) in [5, 5.41) is 9.98. The van der Waals surface area contributed by atoms with Crippen LogP contribution >= 0.6 is 0 Å². The minimum atomic E-state index is -4.48. The van der Waals surface area contributed by atoms with E-state index in [1.165, 1.54) is 19.2 Å². The van der Waals surface area contributed by atoms with Gasteiger partial charge in [-0.2, -0.15) is 13.2 Å². The first kappa shape index (κ1) is 20.5. The van der Waals surface area contributed by atoms with Gasteiger partial charge < -0.3 is 20.2 Å². The second-order valence-corrected chi connectivity index (χ2v) is 6.88. The molecule has 2 heterocycles. The van der Waals surface area contributed by atoms with Crippen molar-refractivity contribution in [1.82, 2.24) is 15.3 Å². The highest BCUT2D eigenvalue weighted by atomic mass is 19.4. The zero-order valence-corrected chi connectivity index (χ0v) is 16.2. The molecule has 1 aliphatic rings. The molecule has 2 amide bonds. The van der Waals surface area contributed by atoms with Crippen molar-refractivity contribution in [2.75, 3.05) is 11.9 Å². The quantitative estimate of drug-likeness (QED) is 0.656. The number of anilines is 1. The van der Waals surface area contributed by atoms with Gasteiger partial charge in [0.15, 0.2) is 0 Å². The summed E-state index contributed by atoms with van der Waals surface area (Å²) in [5.74, 6) is -0.455. The normalized spacial score (nSPS) is 15.7. The van der Waals surface area contributed by atoms with Crippen LogP contribution < -0.4 is 20.2 Å². The average Bonchev–Trinajstić information content (AvgIpc) is 3.10. The van der Waals surface area contributed by atoms with Crippen LogP contribution in [0.3, 0.4) is 0 Å². The largest absolute Gasteiger partial charge is 0.493 e. The molecule has 0 spiro atoms. The van der Waals surface area contributed by atoms with E-state index in [0.29, 0.717) is 28.6 Å². The highest BCUT2D eigenvalue weighted by Crippen LogP contribution is 2.38. The van der Waals surface area contributed by atoms with Crippen LogP contribution in [0.15, 0.2) is 42.6 Å². The number of carbonyl (C=O) groups is 2. The summed E-state index contributed by atoms with van der Waals surface area (Å²) in [5.41, 5.74) is 0.556. The van der Waals surface area contributed by atoms with Gasteiger partial charge in [0.2, 0.25) is 0 Å². The molecule has 0 fully saturated rings. The standard InChI is InChI=1S/C20H17F3N4O4/c1-11(28)31-27-17-4-2-3-15(14(17)10-24-27)25-19(29)26-16-7-8-30-18-9-12(20(21,22)23)5-6-13(16)18/h2-6,9-10,16H,7-8H2,1H3,(H2,25,26,29). The number of nitrogens with zero attached hydrogens (tertiary/aromatic N) is 2. The van der Waals surface area contributed by atoms with Crippen LogP contribution in [0.1, 0.15) is 30.5 Å². The minimum Gasteiger partial charge on any atom is -0.493 e. The second-order valence-electron chi connectivity index (χ2n) is 6.88. The maximum atomic E-state index is 12.9. The van der Waals surface area contributed by atoms with E-state index in [1.54, 1.807) is 18.2 Å². The zero-order valence-electron chi connectivity index (χ0n) is 16.2. The molecule has 0 saturated carbocycles. The second kappa shape index (κ2) is 7.82. The first-order valence-corrected chi connectivity index (χ1v) is 9.29. The van der Waals surface area contributed by atoms with Crippen LogP contribution in [0, 0.1) is 0 Å². The Labute approximate surface area is 173 Å². The van der Waals surface area contributed by atoms with E-state index >= 15 is 0 Å². The van der Waals surface area contributed by atoms with Crippen LogP contribution in [0.5, 0.6) is 5.75 Å². The van der Waals surface area contributed by atoms with Crippen LogP contribution in [0.4, 0.5) is 23.7 Å². The number of halogens is 3. The van der Waals surface area contributed by atoms with Gasteiger partial charge >= 0.3 is 18.2 Å². The molecule has 0 radical (unpaired) electrons. The molecule has 1 atom stereocenters. The Kier molecular flexibility index (Phi) is 5.17. The summed E-state index contributed by atoms with van der Waals surface area (Å²) in [6, 6.07) is 7.11. The average molecular weight is 434 g/mol. The topological polar surface area (TPSA) is 94.5 Å². The summed E-state index contributed by atoms with van der Waals surface area (Å²) < 4.78 is 44.2. The summed E-state index contributed by atoms with van der Waals surface area (Å²) in [6.45, 7) is 1.41. The summed E-state index contributed by atoms with van der Waals surface area (Å²) in [7, 11) is 0. The van der Waals surface area contributed by atoms with Gasteiger partial charge in [-0.3, -0.25) is 0 Å². The number of ether oxygens (including phenoxy) is 1. The number of nitrogens with one attached hydrogen (secondary N) is 2. The predicted octanol–water partition coefficient (Wildman–Crippen LogP) is 3.68. The molecule has 8 nitrogen and oxygen atoms in total. The molecule has 0 bridgehead atoms. The van der Waals surface area contributed by atoms with Gasteiger partial charge in [-0.05, 0) is 24.3 Å². The molecule has 3 aromatic rings. The third-order valence-corrected chi connectivity index (χ3v) is 4.73. The Morgan fingerprint density at radius 2 is 2.06 bits per heavy atom. The van der Waals surface area contributed by atoms with E-state index in [2.05, 4.69) is 15.7 Å². The molecule has 0 saturated heterocycles. The molecular formula is C20H17F3N4O4. The Balaban J connectivity index is 1.52. The Morgan fingerprint density at radius 3 is 2.81 bits per heavy atom. The van der Waals surface area contributed by atoms with Gasteiger partial charge in [0.05, 0.1) is 30.1 Å². The van der Waals surface area contributed by atoms with Crippen molar-refractivity contribution >= 4 is 28.6 Å². The molecule has 1 aromatic heterocycles. The van der Waals surface area contributed by atoms with E-state index < -0.39 is 29.8 Å². The van der Waals surface area contributed by atoms with Gasteiger partial charge in [0.1, 0.15) is 11.3 Å². The lowest BCUT2D eigenvalue weighted by molar-refractivity contribution is -0.142. The van der Waals surface area contributed by atoms with E-state index in [1.807, 2.05) is 0 Å². The van der Waals surface area contributed by atoms with Crippen molar-refractivity contribution in [2.24, 2.45) is 0 Å². The van der Waals surface area contributed by atoms with Crippen molar-refractivity contribution < 1.29 is 32.3 Å². The summed E-state index contributed by atoms with van der Waals surface area (Å²) >= 11 is 0. The predicted molar refractivity (Wildman–Crippen MR) is 103 cm³/mol. The molecule has 162 valence electrons. The van der Waals surface area contributed by atoms with E-state index in [0.717, 1.165) is 17.0 Å². The Morgan fingerprint density at radius 1 is 1.26 bits per heavy atom. The molecule has 1 unspecified atom stereocenters. The fraction of sp³-hybridized carbons (Fsp3) is 0.250.